The Morgan fingerprint density at radius 1 is 0.889 bits per heavy atom. The summed E-state index contributed by atoms with van der Waals surface area (Å²) in [6.45, 7) is 0. The molecule has 1 rings (SSSR count). The Kier molecular flexibility index (Phi) is 8.92. The van der Waals surface area contributed by atoms with Crippen molar-refractivity contribution in [2.45, 2.75) is 0 Å². The van der Waals surface area contributed by atoms with Gasteiger partial charge in [0, 0.05) is 43.3 Å². The molecule has 0 N–H and O–H groups in total. The van der Waals surface area contributed by atoms with Gasteiger partial charge < -0.3 is 0 Å². The highest BCUT2D eigenvalue weighted by Crippen LogP contribution is 2.47. The van der Waals surface area contributed by atoms with Gasteiger partial charge in [-0.05, 0) is 11.1 Å². The van der Waals surface area contributed by atoms with Crippen LogP contribution in [0.1, 0.15) is 0 Å². The molecule has 0 spiro atoms. The van der Waals surface area contributed by atoms with E-state index in [1.54, 1.807) is 0 Å². The van der Waals surface area contributed by atoms with Crippen molar-refractivity contribution < 1.29 is 0 Å². The number of halogens is 6. The average molecular weight is 638 g/mol. The molecular weight excluding hydrogens is 624 g/mol. The van der Waals surface area contributed by atoms with Gasteiger partial charge in [0.2, 0.25) is 0 Å². The second-order valence-corrected chi connectivity index (χ2v) is 7.73. The minimum Gasteiger partial charge on any atom is -0.0921 e. The van der Waals surface area contributed by atoms with E-state index in [2.05, 4.69) is 102 Å². The van der Waals surface area contributed by atoms with E-state index in [4.69, 9.17) is 0 Å². The monoisotopic (exact) mass is 632 g/mol. The number of hydrogen-bond donors (Lipinski definition) is 0. The first-order valence-electron chi connectivity index (χ1n) is 5.43. The summed E-state index contributed by atoms with van der Waals surface area (Å²) in [5.41, 5.74) is 4.48. The van der Waals surface area contributed by atoms with Gasteiger partial charge in [-0.15, -0.1) is 0 Å². The van der Waals surface area contributed by atoms with Crippen LogP contribution in [0.2, 0.25) is 0 Å². The molecule has 0 aliphatic heterocycles. The summed E-state index contributed by atoms with van der Waals surface area (Å²) >= 11 is 22.0. The minimum atomic E-state index is 0.140. The number of rotatable bonds is 6. The molecule has 0 amide bonds. The first-order chi connectivity index (χ1) is 8.63. The highest BCUT2D eigenvalue weighted by molar-refractivity contribution is 9.10. The van der Waals surface area contributed by atoms with Crippen LogP contribution in [0.3, 0.4) is 0 Å². The van der Waals surface area contributed by atoms with Crippen molar-refractivity contribution in [1.29, 1.82) is 0 Å². The molecule has 104 valence electrons. The third-order valence-corrected chi connectivity index (χ3v) is 7.93. The lowest BCUT2D eigenvalue weighted by Crippen LogP contribution is -2.39. The Balaban J connectivity index is 3.37. The van der Waals surface area contributed by atoms with E-state index in [9.17, 15) is 0 Å². The molecular formula is C12H14Br6. The van der Waals surface area contributed by atoms with Crippen LogP contribution in [0.5, 0.6) is 0 Å². The molecule has 1 aliphatic carbocycles. The van der Waals surface area contributed by atoms with Crippen LogP contribution < -0.4 is 0 Å². The largest absolute Gasteiger partial charge is 0.0921 e. The first kappa shape index (κ1) is 18.4. The fourth-order valence-corrected chi connectivity index (χ4v) is 7.33. The summed E-state index contributed by atoms with van der Waals surface area (Å²) in [5.74, 6) is 0.506. The molecule has 0 saturated heterocycles. The molecule has 1 atom stereocenters. The van der Waals surface area contributed by atoms with Gasteiger partial charge in [0.05, 0.1) is 0 Å². The Morgan fingerprint density at radius 2 is 1.50 bits per heavy atom. The van der Waals surface area contributed by atoms with Crippen LogP contribution in [0, 0.1) is 11.3 Å². The van der Waals surface area contributed by atoms with Gasteiger partial charge in [-0.3, -0.25) is 0 Å². The summed E-state index contributed by atoms with van der Waals surface area (Å²) < 4.78 is 0. The van der Waals surface area contributed by atoms with Crippen molar-refractivity contribution >= 4 is 95.6 Å². The molecule has 0 aromatic rings. The standard InChI is InChI=1S/C12H14Br6/c13-2-8-1-12(6-17,7-18)11(5-16)10(4-15)9(8)3-14/h1,11H,2-7H2. The fourth-order valence-electron chi connectivity index (χ4n) is 2.31. The Hall–Kier alpha value is 2.36. The topological polar surface area (TPSA) is 0 Å². The van der Waals surface area contributed by atoms with E-state index in [1.807, 2.05) is 0 Å². The number of allylic oxidation sites excluding steroid dienone is 4. The molecule has 1 unspecified atom stereocenters. The predicted octanol–water partition coefficient (Wildman–Crippen LogP) is 6.20. The lowest BCUT2D eigenvalue weighted by molar-refractivity contribution is 0.372. The Morgan fingerprint density at radius 3 is 1.83 bits per heavy atom. The molecule has 0 saturated carbocycles. The van der Waals surface area contributed by atoms with Crippen LogP contribution in [-0.2, 0) is 0 Å². The van der Waals surface area contributed by atoms with Crippen molar-refractivity contribution in [3.63, 3.8) is 0 Å². The smallest absolute Gasteiger partial charge is 0.0285 e. The van der Waals surface area contributed by atoms with Crippen molar-refractivity contribution in [3.05, 3.63) is 22.8 Å². The lowest BCUT2D eigenvalue weighted by atomic mass is 9.69. The average Bonchev–Trinajstić information content (AvgIpc) is 2.44. The Bertz CT molecular complexity index is 342. The van der Waals surface area contributed by atoms with Gasteiger partial charge >= 0.3 is 0 Å². The zero-order valence-electron chi connectivity index (χ0n) is 9.67. The second-order valence-electron chi connectivity index (χ2n) is 4.28. The molecule has 0 aromatic heterocycles. The normalized spacial score (nSPS) is 23.2. The SMILES string of the molecule is BrCC1=CC(CBr)(CBr)C(CBr)C(CBr)=C1CBr. The van der Waals surface area contributed by atoms with E-state index in [1.165, 1.54) is 16.7 Å². The van der Waals surface area contributed by atoms with E-state index in [0.717, 1.165) is 32.0 Å². The minimum absolute atomic E-state index is 0.140. The lowest BCUT2D eigenvalue weighted by Gasteiger charge is -2.41. The van der Waals surface area contributed by atoms with Crippen LogP contribution in [0.15, 0.2) is 22.8 Å². The van der Waals surface area contributed by atoms with E-state index < -0.39 is 0 Å². The molecule has 0 aromatic carbocycles. The summed E-state index contributed by atoms with van der Waals surface area (Å²) in [4.78, 5) is 0. The zero-order chi connectivity index (χ0) is 13.8. The summed E-state index contributed by atoms with van der Waals surface area (Å²) in [5, 5.41) is 5.65. The van der Waals surface area contributed by atoms with E-state index >= 15 is 0 Å². The van der Waals surface area contributed by atoms with E-state index in [-0.39, 0.29) is 5.41 Å². The maximum absolute atomic E-state index is 3.70. The molecule has 18 heavy (non-hydrogen) atoms. The molecule has 0 nitrogen and oxygen atoms in total. The summed E-state index contributed by atoms with van der Waals surface area (Å²) in [7, 11) is 0. The maximum atomic E-state index is 3.70. The van der Waals surface area contributed by atoms with Gasteiger partial charge in [-0.2, -0.15) is 0 Å². The molecule has 0 heterocycles. The molecule has 6 heteroatoms. The third-order valence-electron chi connectivity index (χ3n) is 3.42. The zero-order valence-corrected chi connectivity index (χ0v) is 19.2. The van der Waals surface area contributed by atoms with Crippen molar-refractivity contribution in [3.8, 4) is 0 Å². The fraction of sp³-hybridized carbons (Fsp3) is 0.667. The van der Waals surface area contributed by atoms with Crippen LogP contribution in [0.25, 0.3) is 0 Å². The highest BCUT2D eigenvalue weighted by Gasteiger charge is 2.41. The quantitative estimate of drug-likeness (QED) is 0.305. The van der Waals surface area contributed by atoms with Gasteiger partial charge in [0.1, 0.15) is 0 Å². The predicted molar refractivity (Wildman–Crippen MR) is 104 cm³/mol. The molecule has 1 aliphatic rings. The second kappa shape index (κ2) is 8.72. The molecule has 0 fully saturated rings. The highest BCUT2D eigenvalue weighted by atomic mass is 79.9. The van der Waals surface area contributed by atoms with Crippen molar-refractivity contribution in [1.82, 2.24) is 0 Å². The van der Waals surface area contributed by atoms with Crippen molar-refractivity contribution in [2.75, 3.05) is 32.0 Å². The van der Waals surface area contributed by atoms with Crippen molar-refractivity contribution in [2.24, 2.45) is 11.3 Å². The van der Waals surface area contributed by atoms with Gasteiger partial charge in [0.15, 0.2) is 0 Å². The number of alkyl halides is 6. The van der Waals surface area contributed by atoms with Gasteiger partial charge in [0.25, 0.3) is 0 Å². The van der Waals surface area contributed by atoms with Gasteiger partial charge in [-0.1, -0.05) is 107 Å². The van der Waals surface area contributed by atoms with E-state index in [0.29, 0.717) is 5.92 Å². The van der Waals surface area contributed by atoms with Crippen LogP contribution >= 0.6 is 95.6 Å². The van der Waals surface area contributed by atoms with Crippen LogP contribution in [0.4, 0.5) is 0 Å². The summed E-state index contributed by atoms with van der Waals surface area (Å²) in [6, 6.07) is 0. The first-order valence-corrected chi connectivity index (χ1v) is 12.2. The summed E-state index contributed by atoms with van der Waals surface area (Å²) in [6.07, 6.45) is 2.43. The Labute approximate surface area is 160 Å². The maximum Gasteiger partial charge on any atom is 0.0285 e. The molecule has 0 bridgehead atoms. The third kappa shape index (κ3) is 3.57. The molecule has 0 radical (unpaired) electrons. The van der Waals surface area contributed by atoms with Crippen LogP contribution in [-0.4, -0.2) is 32.0 Å². The number of hydrogen-bond acceptors (Lipinski definition) is 0. The van der Waals surface area contributed by atoms with Gasteiger partial charge in [-0.25, -0.2) is 0 Å².